The lowest BCUT2D eigenvalue weighted by molar-refractivity contribution is 0.135. The topological polar surface area (TPSA) is 50.9 Å². The zero-order valence-electron chi connectivity index (χ0n) is 8.31. The van der Waals surface area contributed by atoms with Crippen LogP contribution >= 0.6 is 0 Å². The van der Waals surface area contributed by atoms with Crippen molar-refractivity contribution in [2.24, 2.45) is 0 Å². The molecule has 1 N–H and O–H groups in total. The van der Waals surface area contributed by atoms with Gasteiger partial charge in [0, 0.05) is 6.54 Å². The minimum Gasteiger partial charge on any atom is -0.447 e. The van der Waals surface area contributed by atoms with Crippen LogP contribution < -0.4 is 5.32 Å². The maximum absolute atomic E-state index is 11.2. The molecule has 1 unspecified atom stereocenters. The minimum atomic E-state index is -0.394. The summed E-state index contributed by atoms with van der Waals surface area (Å²) in [6.45, 7) is 1.54. The van der Waals surface area contributed by atoms with Crippen molar-refractivity contribution in [3.8, 4) is 0 Å². The van der Waals surface area contributed by atoms with E-state index in [2.05, 4.69) is 5.32 Å². The van der Waals surface area contributed by atoms with Crippen LogP contribution in [-0.4, -0.2) is 25.4 Å². The van der Waals surface area contributed by atoms with Gasteiger partial charge in [-0.25, -0.2) is 4.79 Å². The summed E-state index contributed by atoms with van der Waals surface area (Å²) in [7, 11) is 0. The van der Waals surface area contributed by atoms with Crippen LogP contribution in [0.2, 0.25) is 0 Å². The van der Waals surface area contributed by atoms with E-state index in [1.807, 2.05) is 30.3 Å². The summed E-state index contributed by atoms with van der Waals surface area (Å²) in [6, 6.07) is 9.70. The van der Waals surface area contributed by atoms with Crippen molar-refractivity contribution < 1.29 is 14.3 Å². The molecule has 1 aromatic carbocycles. The fourth-order valence-electron chi connectivity index (χ4n) is 1.15. The van der Waals surface area contributed by atoms with Gasteiger partial charge in [-0.2, -0.15) is 0 Å². The second kappa shape index (κ2) is 4.79. The quantitative estimate of drug-likeness (QED) is 0.757. The average Bonchev–Trinajstić information content (AvgIpc) is 3.09. The molecule has 0 spiro atoms. The highest BCUT2D eigenvalue weighted by atomic mass is 16.6. The molecular weight excluding hydrogens is 194 g/mol. The molecule has 1 amide bonds. The lowest BCUT2D eigenvalue weighted by Gasteiger charge is -2.05. The van der Waals surface area contributed by atoms with Crippen LogP contribution in [0.5, 0.6) is 0 Å². The van der Waals surface area contributed by atoms with Crippen molar-refractivity contribution in [3.05, 3.63) is 35.9 Å². The Labute approximate surface area is 88.2 Å². The van der Waals surface area contributed by atoms with Gasteiger partial charge in [0.25, 0.3) is 0 Å². The number of hydrogen-bond donors (Lipinski definition) is 1. The Morgan fingerprint density at radius 2 is 2.20 bits per heavy atom. The van der Waals surface area contributed by atoms with Crippen LogP contribution in [-0.2, 0) is 16.0 Å². The molecule has 1 aromatic rings. The molecule has 4 heteroatoms. The standard InChI is InChI=1S/C11H13NO3/c13-11(15-8-10-7-14-10)12-6-9-4-2-1-3-5-9/h1-5,10H,6-8H2,(H,12,13). The Kier molecular flexibility index (Phi) is 3.19. The highest BCUT2D eigenvalue weighted by Crippen LogP contribution is 2.08. The molecule has 15 heavy (non-hydrogen) atoms. The Morgan fingerprint density at radius 1 is 1.47 bits per heavy atom. The number of rotatable bonds is 4. The first-order valence-electron chi connectivity index (χ1n) is 4.91. The van der Waals surface area contributed by atoms with Crippen LogP contribution in [0, 0.1) is 0 Å². The first kappa shape index (κ1) is 9.98. The molecule has 1 aliphatic heterocycles. The summed E-state index contributed by atoms with van der Waals surface area (Å²) in [6.07, 6.45) is -0.276. The number of benzene rings is 1. The maximum Gasteiger partial charge on any atom is 0.407 e. The van der Waals surface area contributed by atoms with E-state index in [1.54, 1.807) is 0 Å². The molecule has 80 valence electrons. The predicted molar refractivity (Wildman–Crippen MR) is 54.4 cm³/mol. The molecule has 1 saturated heterocycles. The Balaban J connectivity index is 1.66. The second-order valence-corrected chi connectivity index (χ2v) is 3.39. The number of hydrogen-bond acceptors (Lipinski definition) is 3. The zero-order valence-corrected chi connectivity index (χ0v) is 8.31. The molecule has 4 nitrogen and oxygen atoms in total. The molecule has 0 saturated carbocycles. The average molecular weight is 207 g/mol. The zero-order chi connectivity index (χ0) is 10.5. The van der Waals surface area contributed by atoms with Crippen molar-refractivity contribution in [2.45, 2.75) is 12.6 Å². The number of carbonyl (C=O) groups excluding carboxylic acids is 1. The molecule has 1 fully saturated rings. The van der Waals surface area contributed by atoms with E-state index >= 15 is 0 Å². The number of amides is 1. The van der Waals surface area contributed by atoms with E-state index in [1.165, 1.54) is 0 Å². The molecule has 2 rings (SSSR count). The van der Waals surface area contributed by atoms with Gasteiger partial charge in [-0.15, -0.1) is 0 Å². The molecule has 0 radical (unpaired) electrons. The molecule has 0 aromatic heterocycles. The third-order valence-corrected chi connectivity index (χ3v) is 2.08. The highest BCUT2D eigenvalue weighted by Gasteiger charge is 2.23. The van der Waals surface area contributed by atoms with E-state index < -0.39 is 6.09 Å². The van der Waals surface area contributed by atoms with E-state index in [4.69, 9.17) is 9.47 Å². The lowest BCUT2D eigenvalue weighted by Crippen LogP contribution is -2.25. The normalized spacial score (nSPS) is 18.3. The van der Waals surface area contributed by atoms with Gasteiger partial charge in [-0.3, -0.25) is 0 Å². The first-order valence-corrected chi connectivity index (χ1v) is 4.91. The van der Waals surface area contributed by atoms with Crippen molar-refractivity contribution in [2.75, 3.05) is 13.2 Å². The molecular formula is C11H13NO3. The molecule has 1 aliphatic rings. The van der Waals surface area contributed by atoms with E-state index in [0.29, 0.717) is 19.8 Å². The lowest BCUT2D eigenvalue weighted by atomic mass is 10.2. The first-order chi connectivity index (χ1) is 7.34. The van der Waals surface area contributed by atoms with Crippen LogP contribution in [0.4, 0.5) is 4.79 Å². The third-order valence-electron chi connectivity index (χ3n) is 2.08. The van der Waals surface area contributed by atoms with Crippen molar-refractivity contribution >= 4 is 6.09 Å². The van der Waals surface area contributed by atoms with E-state index in [0.717, 1.165) is 5.56 Å². The molecule has 1 heterocycles. The van der Waals surface area contributed by atoms with Gasteiger partial charge < -0.3 is 14.8 Å². The summed E-state index contributed by atoms with van der Waals surface area (Å²) in [5.41, 5.74) is 1.05. The van der Waals surface area contributed by atoms with Gasteiger partial charge in [0.15, 0.2) is 0 Å². The monoisotopic (exact) mass is 207 g/mol. The van der Waals surface area contributed by atoms with Crippen molar-refractivity contribution in [3.63, 3.8) is 0 Å². The van der Waals surface area contributed by atoms with Gasteiger partial charge in [-0.05, 0) is 5.56 Å². The largest absolute Gasteiger partial charge is 0.447 e. The van der Waals surface area contributed by atoms with Gasteiger partial charge in [0.2, 0.25) is 0 Å². The van der Waals surface area contributed by atoms with Gasteiger partial charge in [0.1, 0.15) is 12.7 Å². The number of carbonyl (C=O) groups is 1. The van der Waals surface area contributed by atoms with E-state index in [-0.39, 0.29) is 6.10 Å². The molecule has 0 bridgehead atoms. The fourth-order valence-corrected chi connectivity index (χ4v) is 1.15. The molecule has 1 atom stereocenters. The summed E-state index contributed by atoms with van der Waals surface area (Å²) >= 11 is 0. The fraction of sp³-hybridized carbons (Fsp3) is 0.364. The number of epoxide rings is 1. The Hall–Kier alpha value is -1.55. The van der Waals surface area contributed by atoms with Gasteiger partial charge in [-0.1, -0.05) is 30.3 Å². The third kappa shape index (κ3) is 3.59. The maximum atomic E-state index is 11.2. The van der Waals surface area contributed by atoms with E-state index in [9.17, 15) is 4.79 Å². The number of ether oxygens (including phenoxy) is 2. The Morgan fingerprint density at radius 3 is 2.87 bits per heavy atom. The van der Waals surface area contributed by atoms with Crippen LogP contribution in [0.25, 0.3) is 0 Å². The smallest absolute Gasteiger partial charge is 0.407 e. The number of nitrogens with one attached hydrogen (secondary N) is 1. The van der Waals surface area contributed by atoms with Gasteiger partial charge in [0.05, 0.1) is 6.61 Å². The minimum absolute atomic E-state index is 0.118. The number of alkyl carbamates (subject to hydrolysis) is 1. The summed E-state index contributed by atoms with van der Waals surface area (Å²) in [5, 5.41) is 2.67. The van der Waals surface area contributed by atoms with Crippen LogP contribution in [0.1, 0.15) is 5.56 Å². The highest BCUT2D eigenvalue weighted by molar-refractivity contribution is 5.67. The summed E-state index contributed by atoms with van der Waals surface area (Å²) < 4.78 is 9.83. The summed E-state index contributed by atoms with van der Waals surface area (Å²) in [5.74, 6) is 0. The second-order valence-electron chi connectivity index (χ2n) is 3.39. The van der Waals surface area contributed by atoms with Crippen LogP contribution in [0.3, 0.4) is 0 Å². The van der Waals surface area contributed by atoms with Crippen molar-refractivity contribution in [1.29, 1.82) is 0 Å². The summed E-state index contributed by atoms with van der Waals surface area (Å²) in [4.78, 5) is 11.2. The molecule has 0 aliphatic carbocycles. The van der Waals surface area contributed by atoms with Crippen LogP contribution in [0.15, 0.2) is 30.3 Å². The predicted octanol–water partition coefficient (Wildman–Crippen LogP) is 1.31. The van der Waals surface area contributed by atoms with Crippen molar-refractivity contribution in [1.82, 2.24) is 5.32 Å². The SMILES string of the molecule is O=C(NCc1ccccc1)OCC1CO1. The van der Waals surface area contributed by atoms with Gasteiger partial charge >= 0.3 is 6.09 Å². The Bertz CT molecular complexity index is 322.